The van der Waals surface area contributed by atoms with Crippen molar-refractivity contribution >= 4 is 0 Å². The zero-order valence-corrected chi connectivity index (χ0v) is 13.1. The molecule has 118 valence electrons. The largest absolute Gasteiger partial charge is 0.496 e. The third kappa shape index (κ3) is 2.71. The lowest BCUT2D eigenvalue weighted by Gasteiger charge is -2.20. The lowest BCUT2D eigenvalue weighted by Crippen LogP contribution is -2.29. The van der Waals surface area contributed by atoms with Crippen molar-refractivity contribution in [3.05, 3.63) is 41.1 Å². The second kappa shape index (κ2) is 6.06. The maximum Gasteiger partial charge on any atom is 0.250 e. The minimum atomic E-state index is -0.601. The molecule has 0 saturated carbocycles. The molecule has 1 aromatic carbocycles. The summed E-state index contributed by atoms with van der Waals surface area (Å²) in [7, 11) is 3.31. The number of benzene rings is 1. The van der Waals surface area contributed by atoms with Gasteiger partial charge in [-0.2, -0.15) is 0 Å². The molecule has 6 nitrogen and oxygen atoms in total. The van der Waals surface area contributed by atoms with Crippen LogP contribution in [0.1, 0.15) is 29.3 Å². The zero-order chi connectivity index (χ0) is 15.6. The van der Waals surface area contributed by atoms with Crippen LogP contribution in [0.3, 0.4) is 0 Å². The third-order valence-electron chi connectivity index (χ3n) is 4.06. The van der Waals surface area contributed by atoms with Crippen molar-refractivity contribution in [2.24, 2.45) is 0 Å². The molecule has 22 heavy (non-hydrogen) atoms. The molecular formula is C16H20N2O4. The summed E-state index contributed by atoms with van der Waals surface area (Å²) in [5, 5.41) is 8.28. The van der Waals surface area contributed by atoms with Crippen LogP contribution in [-0.2, 0) is 21.5 Å². The molecule has 6 heteroatoms. The summed E-state index contributed by atoms with van der Waals surface area (Å²) in [5.74, 6) is 1.90. The van der Waals surface area contributed by atoms with E-state index in [9.17, 15) is 0 Å². The van der Waals surface area contributed by atoms with E-state index < -0.39 is 5.60 Å². The highest BCUT2D eigenvalue weighted by Gasteiger charge is 2.42. The van der Waals surface area contributed by atoms with Gasteiger partial charge in [0.2, 0.25) is 5.89 Å². The van der Waals surface area contributed by atoms with E-state index in [4.69, 9.17) is 18.6 Å². The van der Waals surface area contributed by atoms with Gasteiger partial charge in [0.05, 0.1) is 26.7 Å². The second-order valence-electron chi connectivity index (χ2n) is 5.48. The van der Waals surface area contributed by atoms with Crippen molar-refractivity contribution in [3.8, 4) is 5.75 Å². The van der Waals surface area contributed by atoms with Gasteiger partial charge < -0.3 is 18.6 Å². The quantitative estimate of drug-likeness (QED) is 0.844. The number of methoxy groups -OCH3 is 2. The van der Waals surface area contributed by atoms with Crippen molar-refractivity contribution in [1.29, 1.82) is 0 Å². The molecule has 0 aliphatic carbocycles. The van der Waals surface area contributed by atoms with Gasteiger partial charge in [-0.25, -0.2) is 0 Å². The Bertz CT molecular complexity index is 647. The molecule has 0 amide bonds. The van der Waals surface area contributed by atoms with Crippen LogP contribution in [0, 0.1) is 6.92 Å². The highest BCUT2D eigenvalue weighted by atomic mass is 16.6. The predicted molar refractivity (Wildman–Crippen MR) is 79.0 cm³/mol. The van der Waals surface area contributed by atoms with Crippen molar-refractivity contribution in [3.63, 3.8) is 0 Å². The summed E-state index contributed by atoms with van der Waals surface area (Å²) >= 11 is 0. The molecular weight excluding hydrogens is 284 g/mol. The number of aromatic nitrogens is 2. The van der Waals surface area contributed by atoms with Gasteiger partial charge >= 0.3 is 0 Å². The topological polar surface area (TPSA) is 66.6 Å². The normalized spacial score (nSPS) is 21.2. The van der Waals surface area contributed by atoms with E-state index in [2.05, 4.69) is 10.2 Å². The highest BCUT2D eigenvalue weighted by molar-refractivity contribution is 5.37. The van der Waals surface area contributed by atoms with Gasteiger partial charge in [-0.3, -0.25) is 0 Å². The first-order valence-corrected chi connectivity index (χ1v) is 7.26. The van der Waals surface area contributed by atoms with Crippen LogP contribution in [0.2, 0.25) is 0 Å². The first kappa shape index (κ1) is 15.0. The number of rotatable bonds is 5. The maximum atomic E-state index is 5.80. The van der Waals surface area contributed by atoms with Crippen molar-refractivity contribution in [2.75, 3.05) is 27.4 Å². The lowest BCUT2D eigenvalue weighted by atomic mass is 10.0. The van der Waals surface area contributed by atoms with E-state index in [1.807, 2.05) is 25.1 Å². The Balaban J connectivity index is 1.80. The van der Waals surface area contributed by atoms with Gasteiger partial charge in [0, 0.05) is 13.5 Å². The standard InChI is InChI=1S/C16H20N2O4/c1-11-4-5-12(8-13(11)19-2)9-14-17-18-15(22-14)16(20-3)6-7-21-10-16/h4-5,8H,6-7,9-10H2,1-3H3. The Labute approximate surface area is 129 Å². The van der Waals surface area contributed by atoms with Crippen LogP contribution in [0.25, 0.3) is 0 Å². The number of ether oxygens (including phenoxy) is 3. The van der Waals surface area contributed by atoms with Crippen LogP contribution in [-0.4, -0.2) is 37.6 Å². The van der Waals surface area contributed by atoms with Crippen molar-refractivity contribution < 1.29 is 18.6 Å². The maximum absolute atomic E-state index is 5.80. The van der Waals surface area contributed by atoms with E-state index >= 15 is 0 Å². The Morgan fingerprint density at radius 1 is 1.27 bits per heavy atom. The number of hydrogen-bond acceptors (Lipinski definition) is 6. The molecule has 1 fully saturated rings. The molecule has 0 N–H and O–H groups in total. The van der Waals surface area contributed by atoms with Crippen LogP contribution in [0.4, 0.5) is 0 Å². The summed E-state index contributed by atoms with van der Waals surface area (Å²) in [5.41, 5.74) is 1.56. The van der Waals surface area contributed by atoms with Gasteiger partial charge in [0.1, 0.15) is 5.75 Å². The van der Waals surface area contributed by atoms with Gasteiger partial charge in [0.15, 0.2) is 5.60 Å². The van der Waals surface area contributed by atoms with Gasteiger partial charge in [-0.1, -0.05) is 12.1 Å². The summed E-state index contributed by atoms with van der Waals surface area (Å²) in [6.07, 6.45) is 1.29. The number of aryl methyl sites for hydroxylation is 1. The molecule has 2 heterocycles. The lowest BCUT2D eigenvalue weighted by molar-refractivity contribution is -0.0416. The molecule has 0 spiro atoms. The SMILES string of the molecule is COc1cc(Cc2nnc(C3(OC)CCOC3)o2)ccc1C. The van der Waals surface area contributed by atoms with E-state index in [1.165, 1.54) is 0 Å². The fourth-order valence-electron chi connectivity index (χ4n) is 2.62. The van der Waals surface area contributed by atoms with Gasteiger partial charge in [-0.05, 0) is 24.1 Å². The predicted octanol–water partition coefficient (Wildman–Crippen LogP) is 2.24. The van der Waals surface area contributed by atoms with Gasteiger partial charge in [0.25, 0.3) is 5.89 Å². The van der Waals surface area contributed by atoms with Crippen molar-refractivity contribution in [1.82, 2.24) is 10.2 Å². The Kier molecular flexibility index (Phi) is 4.13. The Morgan fingerprint density at radius 2 is 2.14 bits per heavy atom. The van der Waals surface area contributed by atoms with E-state index in [1.54, 1.807) is 14.2 Å². The highest BCUT2D eigenvalue weighted by Crippen LogP contribution is 2.33. The van der Waals surface area contributed by atoms with E-state index in [0.29, 0.717) is 31.4 Å². The molecule has 1 aliphatic rings. The third-order valence-corrected chi connectivity index (χ3v) is 4.06. The average Bonchev–Trinajstić information content (AvgIpc) is 3.19. The molecule has 2 aromatic rings. The minimum absolute atomic E-state index is 0.448. The van der Waals surface area contributed by atoms with Crippen LogP contribution >= 0.6 is 0 Å². The molecule has 3 rings (SSSR count). The minimum Gasteiger partial charge on any atom is -0.496 e. The fourth-order valence-corrected chi connectivity index (χ4v) is 2.62. The first-order valence-electron chi connectivity index (χ1n) is 7.26. The van der Waals surface area contributed by atoms with Crippen LogP contribution in [0.15, 0.2) is 22.6 Å². The van der Waals surface area contributed by atoms with E-state index in [0.717, 1.165) is 23.3 Å². The molecule has 1 unspecified atom stereocenters. The zero-order valence-electron chi connectivity index (χ0n) is 13.1. The number of hydrogen-bond donors (Lipinski definition) is 0. The molecule has 1 aromatic heterocycles. The number of nitrogens with zero attached hydrogens (tertiary/aromatic N) is 2. The Morgan fingerprint density at radius 3 is 2.82 bits per heavy atom. The van der Waals surface area contributed by atoms with E-state index in [-0.39, 0.29) is 0 Å². The summed E-state index contributed by atoms with van der Waals surface area (Å²) in [6, 6.07) is 6.05. The summed E-state index contributed by atoms with van der Waals surface area (Å²) < 4.78 is 22.1. The molecule has 1 aliphatic heterocycles. The Hall–Kier alpha value is -1.92. The first-order chi connectivity index (χ1) is 10.7. The average molecular weight is 304 g/mol. The second-order valence-corrected chi connectivity index (χ2v) is 5.48. The monoisotopic (exact) mass is 304 g/mol. The van der Waals surface area contributed by atoms with Gasteiger partial charge in [-0.15, -0.1) is 10.2 Å². The molecule has 0 radical (unpaired) electrons. The van der Waals surface area contributed by atoms with Crippen LogP contribution < -0.4 is 4.74 Å². The summed E-state index contributed by atoms with van der Waals surface area (Å²) in [4.78, 5) is 0. The van der Waals surface area contributed by atoms with Crippen LogP contribution in [0.5, 0.6) is 5.75 Å². The smallest absolute Gasteiger partial charge is 0.250 e. The molecule has 1 saturated heterocycles. The molecule has 1 atom stereocenters. The summed E-state index contributed by atoms with van der Waals surface area (Å²) in [6.45, 7) is 3.10. The van der Waals surface area contributed by atoms with Crippen molar-refractivity contribution in [2.45, 2.75) is 25.4 Å². The molecule has 0 bridgehead atoms. The fraction of sp³-hybridized carbons (Fsp3) is 0.500.